The minimum atomic E-state index is -4.34. The number of rotatable bonds is 6. The summed E-state index contributed by atoms with van der Waals surface area (Å²) in [6.45, 7) is -0.313. The number of carbonyl (C=O) groups is 1. The van der Waals surface area contributed by atoms with Crippen LogP contribution in [0.2, 0.25) is 0 Å². The summed E-state index contributed by atoms with van der Waals surface area (Å²) in [6.07, 6.45) is -5.72. The van der Waals surface area contributed by atoms with E-state index in [4.69, 9.17) is 5.11 Å². The zero-order valence-corrected chi connectivity index (χ0v) is 10.3. The molecule has 1 rings (SSSR count). The second-order valence-electron chi connectivity index (χ2n) is 4.25. The van der Waals surface area contributed by atoms with Gasteiger partial charge in [0.2, 0.25) is 5.91 Å². The van der Waals surface area contributed by atoms with Crippen molar-refractivity contribution in [3.05, 3.63) is 35.9 Å². The van der Waals surface area contributed by atoms with E-state index >= 15 is 0 Å². The summed E-state index contributed by atoms with van der Waals surface area (Å²) in [5.41, 5.74) is 0.901. The Bertz CT molecular complexity index is 393. The summed E-state index contributed by atoms with van der Waals surface area (Å²) in [4.78, 5) is 11.3. The Morgan fingerprint density at radius 1 is 1.26 bits per heavy atom. The largest absolute Gasteiger partial charge is 0.394 e. The fourth-order valence-electron chi connectivity index (χ4n) is 1.61. The Kier molecular flexibility index (Phi) is 5.82. The number of benzene rings is 1. The maximum Gasteiger partial charge on any atom is 0.389 e. The van der Waals surface area contributed by atoms with Gasteiger partial charge in [0.1, 0.15) is 0 Å². The molecular weight excluding hydrogens is 259 g/mol. The van der Waals surface area contributed by atoms with Crippen LogP contribution < -0.4 is 5.32 Å². The van der Waals surface area contributed by atoms with E-state index in [0.717, 1.165) is 5.56 Å². The van der Waals surface area contributed by atoms with Gasteiger partial charge in [-0.05, 0) is 12.0 Å². The van der Waals surface area contributed by atoms with Crippen molar-refractivity contribution in [2.24, 2.45) is 0 Å². The topological polar surface area (TPSA) is 49.3 Å². The van der Waals surface area contributed by atoms with Crippen molar-refractivity contribution in [3.8, 4) is 0 Å². The molecule has 0 fully saturated rings. The number of halogens is 3. The quantitative estimate of drug-likeness (QED) is 0.834. The Hall–Kier alpha value is -1.56. The number of aliphatic hydroxyl groups is 1. The van der Waals surface area contributed by atoms with Crippen LogP contribution in [0.3, 0.4) is 0 Å². The average molecular weight is 275 g/mol. The van der Waals surface area contributed by atoms with Crippen molar-refractivity contribution in [2.75, 3.05) is 6.61 Å². The van der Waals surface area contributed by atoms with Crippen LogP contribution in [0.5, 0.6) is 0 Å². The Morgan fingerprint density at radius 2 is 1.89 bits per heavy atom. The highest BCUT2D eigenvalue weighted by molar-refractivity contribution is 5.76. The summed E-state index contributed by atoms with van der Waals surface area (Å²) in [6, 6.07) is 8.54. The minimum absolute atomic E-state index is 0.313. The summed E-state index contributed by atoms with van der Waals surface area (Å²) in [7, 11) is 0. The first kappa shape index (κ1) is 15.5. The molecule has 3 nitrogen and oxygen atoms in total. The predicted molar refractivity (Wildman–Crippen MR) is 64.5 cm³/mol. The number of aliphatic hydroxyl groups excluding tert-OH is 1. The van der Waals surface area contributed by atoms with E-state index in [9.17, 15) is 18.0 Å². The van der Waals surface area contributed by atoms with Gasteiger partial charge in [0.05, 0.1) is 19.1 Å². The number of nitrogens with one attached hydrogen (secondary N) is 1. The molecule has 1 aromatic carbocycles. The number of carbonyl (C=O) groups excluding carboxylic acids is 1. The van der Waals surface area contributed by atoms with Crippen molar-refractivity contribution in [1.82, 2.24) is 5.32 Å². The first-order valence-corrected chi connectivity index (χ1v) is 5.91. The summed E-state index contributed by atoms with van der Waals surface area (Å²) >= 11 is 0. The van der Waals surface area contributed by atoms with Gasteiger partial charge in [0.15, 0.2) is 0 Å². The zero-order valence-electron chi connectivity index (χ0n) is 10.3. The lowest BCUT2D eigenvalue weighted by atomic mass is 10.1. The van der Waals surface area contributed by atoms with Gasteiger partial charge < -0.3 is 10.4 Å². The Morgan fingerprint density at radius 3 is 2.42 bits per heavy atom. The molecule has 1 atom stereocenters. The Labute approximate surface area is 109 Å². The SMILES string of the molecule is O=C(CCC(F)(F)F)N[C@H](CO)Cc1ccccc1. The van der Waals surface area contributed by atoms with Crippen LogP contribution in [-0.4, -0.2) is 29.8 Å². The first-order chi connectivity index (χ1) is 8.90. The molecule has 1 amide bonds. The number of hydrogen-bond donors (Lipinski definition) is 2. The van der Waals surface area contributed by atoms with E-state index in [1.807, 2.05) is 30.3 Å². The third-order valence-corrected chi connectivity index (χ3v) is 2.55. The fraction of sp³-hybridized carbons (Fsp3) is 0.462. The molecule has 0 heterocycles. The van der Waals surface area contributed by atoms with E-state index in [1.165, 1.54) is 0 Å². The highest BCUT2D eigenvalue weighted by Crippen LogP contribution is 2.21. The van der Waals surface area contributed by atoms with Gasteiger partial charge in [-0.1, -0.05) is 30.3 Å². The second-order valence-corrected chi connectivity index (χ2v) is 4.25. The van der Waals surface area contributed by atoms with Crippen LogP contribution in [-0.2, 0) is 11.2 Å². The number of hydrogen-bond acceptors (Lipinski definition) is 2. The van der Waals surface area contributed by atoms with Gasteiger partial charge >= 0.3 is 6.18 Å². The molecule has 0 unspecified atom stereocenters. The van der Waals surface area contributed by atoms with Crippen LogP contribution in [0.4, 0.5) is 13.2 Å². The van der Waals surface area contributed by atoms with E-state index in [2.05, 4.69) is 5.32 Å². The van der Waals surface area contributed by atoms with Crippen LogP contribution in [0, 0.1) is 0 Å². The van der Waals surface area contributed by atoms with Crippen LogP contribution in [0.1, 0.15) is 18.4 Å². The van der Waals surface area contributed by atoms with Crippen LogP contribution in [0.25, 0.3) is 0 Å². The molecule has 0 aliphatic carbocycles. The second kappa shape index (κ2) is 7.13. The molecule has 6 heteroatoms. The maximum absolute atomic E-state index is 12.0. The lowest BCUT2D eigenvalue weighted by Crippen LogP contribution is -2.39. The number of amides is 1. The lowest BCUT2D eigenvalue weighted by molar-refractivity contribution is -0.144. The van der Waals surface area contributed by atoms with Gasteiger partial charge in [0.25, 0.3) is 0 Å². The summed E-state index contributed by atoms with van der Waals surface area (Å²) in [5.74, 6) is -0.702. The van der Waals surface area contributed by atoms with Crippen LogP contribution in [0.15, 0.2) is 30.3 Å². The third-order valence-electron chi connectivity index (χ3n) is 2.55. The smallest absolute Gasteiger partial charge is 0.389 e. The molecule has 0 aromatic heterocycles. The molecule has 0 spiro atoms. The molecule has 106 valence electrons. The van der Waals surface area contributed by atoms with E-state index in [1.54, 1.807) is 0 Å². The van der Waals surface area contributed by atoms with Gasteiger partial charge in [-0.3, -0.25) is 4.79 Å². The van der Waals surface area contributed by atoms with E-state index < -0.39 is 31.0 Å². The summed E-state index contributed by atoms with van der Waals surface area (Å²) < 4.78 is 35.9. The number of alkyl halides is 3. The van der Waals surface area contributed by atoms with Crippen LogP contribution >= 0.6 is 0 Å². The molecule has 19 heavy (non-hydrogen) atoms. The van der Waals surface area contributed by atoms with E-state index in [-0.39, 0.29) is 6.61 Å². The van der Waals surface area contributed by atoms with Crippen molar-refractivity contribution >= 4 is 5.91 Å². The van der Waals surface area contributed by atoms with Crippen molar-refractivity contribution in [3.63, 3.8) is 0 Å². The van der Waals surface area contributed by atoms with Crippen molar-refractivity contribution in [1.29, 1.82) is 0 Å². The highest BCUT2D eigenvalue weighted by atomic mass is 19.4. The fourth-order valence-corrected chi connectivity index (χ4v) is 1.61. The van der Waals surface area contributed by atoms with Crippen molar-refractivity contribution in [2.45, 2.75) is 31.5 Å². The van der Waals surface area contributed by atoms with E-state index in [0.29, 0.717) is 6.42 Å². The predicted octanol–water partition coefficient (Wildman–Crippen LogP) is 2.05. The molecule has 0 bridgehead atoms. The monoisotopic (exact) mass is 275 g/mol. The van der Waals surface area contributed by atoms with Crippen molar-refractivity contribution < 1.29 is 23.1 Å². The molecular formula is C13H16F3NO2. The van der Waals surface area contributed by atoms with Gasteiger partial charge in [-0.25, -0.2) is 0 Å². The normalized spacial score (nSPS) is 13.1. The van der Waals surface area contributed by atoms with Gasteiger partial charge in [-0.2, -0.15) is 13.2 Å². The average Bonchev–Trinajstić information content (AvgIpc) is 2.36. The molecule has 1 aromatic rings. The lowest BCUT2D eigenvalue weighted by Gasteiger charge is -2.16. The highest BCUT2D eigenvalue weighted by Gasteiger charge is 2.28. The maximum atomic E-state index is 12.0. The molecule has 0 radical (unpaired) electrons. The zero-order chi connectivity index (χ0) is 14.3. The first-order valence-electron chi connectivity index (χ1n) is 5.91. The summed E-state index contributed by atoms with van der Waals surface area (Å²) in [5, 5.41) is 11.5. The molecule has 0 saturated heterocycles. The molecule has 2 N–H and O–H groups in total. The standard InChI is InChI=1S/C13H16F3NO2/c14-13(15,16)7-6-12(19)17-11(9-18)8-10-4-2-1-3-5-10/h1-5,11,18H,6-9H2,(H,17,19)/t11-/m0/s1. The minimum Gasteiger partial charge on any atom is -0.394 e. The molecule has 0 aliphatic heterocycles. The molecule has 0 saturated carbocycles. The third kappa shape index (κ3) is 6.81. The Balaban J connectivity index is 2.42. The molecule has 0 aliphatic rings. The van der Waals surface area contributed by atoms with Gasteiger partial charge in [-0.15, -0.1) is 0 Å². The van der Waals surface area contributed by atoms with Gasteiger partial charge in [0, 0.05) is 6.42 Å².